The first kappa shape index (κ1) is 19.0. The van der Waals surface area contributed by atoms with Gasteiger partial charge in [-0.2, -0.15) is 5.10 Å². The van der Waals surface area contributed by atoms with E-state index in [0.29, 0.717) is 46.9 Å². The molecule has 10 heteroatoms. The van der Waals surface area contributed by atoms with Gasteiger partial charge in [-0.15, -0.1) is 11.3 Å². The summed E-state index contributed by atoms with van der Waals surface area (Å²) in [6.45, 7) is 1.53. The third-order valence-electron chi connectivity index (χ3n) is 4.15. The molecular formula is C18H17ClN4O3S2. The van der Waals surface area contributed by atoms with Crippen molar-refractivity contribution in [3.63, 3.8) is 0 Å². The second kappa shape index (κ2) is 8.34. The molecule has 3 aromatic rings. The van der Waals surface area contributed by atoms with Gasteiger partial charge in [0, 0.05) is 13.0 Å². The Labute approximate surface area is 175 Å². The monoisotopic (exact) mass is 436 g/mol. The topological polar surface area (TPSA) is 81.2 Å². The summed E-state index contributed by atoms with van der Waals surface area (Å²) in [5.41, 5.74) is 0.830. The lowest BCUT2D eigenvalue weighted by atomic mass is 10.2. The van der Waals surface area contributed by atoms with Crippen LogP contribution in [0.2, 0.25) is 5.02 Å². The smallest absolute Gasteiger partial charge is 0.240 e. The number of aromatic amines is 1. The number of amides is 1. The summed E-state index contributed by atoms with van der Waals surface area (Å²) in [7, 11) is 0. The fraction of sp³-hybridized carbons (Fsp3) is 0.278. The standard InChI is InChI=1S/C18H17ClN4O3S2/c19-12-7-11(8-13-16(12)26-5-2-4-25-13)9-20-15(24)10-23-17(21-22-18(23)27)14-3-1-6-28-14/h1,3,6-8H,2,4-5,9-10H2,(H,20,24)(H,22,27). The summed E-state index contributed by atoms with van der Waals surface area (Å²) in [5.74, 6) is 1.62. The molecule has 1 aromatic carbocycles. The van der Waals surface area contributed by atoms with Crippen LogP contribution in [0.15, 0.2) is 29.6 Å². The summed E-state index contributed by atoms with van der Waals surface area (Å²) in [6, 6.07) is 7.48. The fourth-order valence-corrected chi connectivity index (χ4v) is 4.05. The molecule has 4 rings (SSSR count). The molecule has 2 aromatic heterocycles. The van der Waals surface area contributed by atoms with Crippen molar-refractivity contribution in [1.82, 2.24) is 20.1 Å². The number of carbonyl (C=O) groups is 1. The van der Waals surface area contributed by atoms with E-state index >= 15 is 0 Å². The molecule has 0 aliphatic carbocycles. The number of fused-ring (bicyclic) bond motifs is 1. The number of aromatic nitrogens is 3. The average molecular weight is 437 g/mol. The van der Waals surface area contributed by atoms with Gasteiger partial charge in [0.25, 0.3) is 0 Å². The highest BCUT2D eigenvalue weighted by Gasteiger charge is 2.17. The maximum Gasteiger partial charge on any atom is 0.240 e. The van der Waals surface area contributed by atoms with E-state index in [0.717, 1.165) is 16.9 Å². The zero-order valence-corrected chi connectivity index (χ0v) is 17.1. The molecule has 1 aliphatic rings. The number of hydrogen-bond acceptors (Lipinski definition) is 6. The highest BCUT2D eigenvalue weighted by molar-refractivity contribution is 7.71. The summed E-state index contributed by atoms with van der Waals surface area (Å²) in [5, 5.41) is 12.3. The number of carbonyl (C=O) groups excluding carboxylic acids is 1. The van der Waals surface area contributed by atoms with Crippen LogP contribution in [0.4, 0.5) is 0 Å². The van der Waals surface area contributed by atoms with Crippen LogP contribution >= 0.6 is 35.2 Å². The number of nitrogens with one attached hydrogen (secondary N) is 2. The van der Waals surface area contributed by atoms with Crippen molar-refractivity contribution in [3.8, 4) is 22.2 Å². The number of halogens is 1. The molecule has 146 valence electrons. The van der Waals surface area contributed by atoms with E-state index in [1.807, 2.05) is 23.6 Å². The van der Waals surface area contributed by atoms with Crippen molar-refractivity contribution >= 4 is 41.1 Å². The Balaban J connectivity index is 1.45. The minimum atomic E-state index is -0.182. The lowest BCUT2D eigenvalue weighted by molar-refractivity contribution is -0.121. The second-order valence-electron chi connectivity index (χ2n) is 6.15. The fourth-order valence-electron chi connectivity index (χ4n) is 2.84. The first-order chi connectivity index (χ1) is 13.6. The van der Waals surface area contributed by atoms with Gasteiger partial charge in [-0.05, 0) is 41.4 Å². The molecule has 1 amide bonds. The van der Waals surface area contributed by atoms with Gasteiger partial charge in [-0.1, -0.05) is 17.7 Å². The Kier molecular flexibility index (Phi) is 5.65. The molecule has 7 nitrogen and oxygen atoms in total. The van der Waals surface area contributed by atoms with Crippen molar-refractivity contribution in [3.05, 3.63) is 45.0 Å². The molecule has 1 aliphatic heterocycles. The predicted octanol–water partition coefficient (Wildman–Crippen LogP) is 3.80. The molecule has 0 spiro atoms. The zero-order valence-electron chi connectivity index (χ0n) is 14.7. The minimum Gasteiger partial charge on any atom is -0.489 e. The summed E-state index contributed by atoms with van der Waals surface area (Å²) >= 11 is 13.1. The number of hydrogen-bond donors (Lipinski definition) is 2. The molecule has 2 N–H and O–H groups in total. The molecule has 0 atom stereocenters. The normalized spacial score (nSPS) is 13.2. The molecule has 3 heterocycles. The predicted molar refractivity (Wildman–Crippen MR) is 110 cm³/mol. The van der Waals surface area contributed by atoms with Crippen LogP contribution in [-0.4, -0.2) is 33.9 Å². The number of rotatable bonds is 5. The second-order valence-corrected chi connectivity index (χ2v) is 7.89. The Hall–Kier alpha value is -2.36. The third-order valence-corrected chi connectivity index (χ3v) is 5.61. The van der Waals surface area contributed by atoms with Gasteiger partial charge in [0.15, 0.2) is 22.1 Å². The van der Waals surface area contributed by atoms with Crippen molar-refractivity contribution in [2.45, 2.75) is 19.5 Å². The summed E-state index contributed by atoms with van der Waals surface area (Å²) in [4.78, 5) is 13.4. The Morgan fingerprint density at radius 2 is 2.25 bits per heavy atom. The van der Waals surface area contributed by atoms with E-state index in [-0.39, 0.29) is 12.5 Å². The Morgan fingerprint density at radius 3 is 3.07 bits per heavy atom. The Morgan fingerprint density at radius 1 is 1.39 bits per heavy atom. The molecule has 0 fully saturated rings. The van der Waals surface area contributed by atoms with Crippen molar-refractivity contribution in [2.75, 3.05) is 13.2 Å². The maximum atomic E-state index is 12.5. The van der Waals surface area contributed by atoms with Gasteiger partial charge in [0.1, 0.15) is 6.54 Å². The molecule has 0 radical (unpaired) electrons. The van der Waals surface area contributed by atoms with Crippen LogP contribution in [-0.2, 0) is 17.9 Å². The summed E-state index contributed by atoms with van der Waals surface area (Å²) in [6.07, 6.45) is 0.801. The summed E-state index contributed by atoms with van der Waals surface area (Å²) < 4.78 is 13.4. The largest absolute Gasteiger partial charge is 0.489 e. The molecule has 0 saturated carbocycles. The first-order valence-corrected chi connectivity index (χ1v) is 10.3. The molecule has 0 bridgehead atoms. The number of benzene rings is 1. The van der Waals surface area contributed by atoms with E-state index < -0.39 is 0 Å². The molecule has 0 saturated heterocycles. The zero-order chi connectivity index (χ0) is 19.5. The lowest BCUT2D eigenvalue weighted by Gasteiger charge is -2.12. The van der Waals surface area contributed by atoms with E-state index in [2.05, 4.69) is 15.5 Å². The van der Waals surface area contributed by atoms with Gasteiger partial charge in [0.2, 0.25) is 5.91 Å². The van der Waals surface area contributed by atoms with Crippen molar-refractivity contribution < 1.29 is 14.3 Å². The average Bonchev–Trinajstić information content (AvgIpc) is 3.25. The van der Waals surface area contributed by atoms with Crippen LogP contribution in [0.25, 0.3) is 10.7 Å². The van der Waals surface area contributed by atoms with E-state index in [1.54, 1.807) is 10.6 Å². The Bertz CT molecular complexity index is 1050. The lowest BCUT2D eigenvalue weighted by Crippen LogP contribution is -2.27. The number of nitrogens with zero attached hydrogens (tertiary/aromatic N) is 2. The van der Waals surface area contributed by atoms with Gasteiger partial charge >= 0.3 is 0 Å². The van der Waals surface area contributed by atoms with Crippen LogP contribution in [0.3, 0.4) is 0 Å². The van der Waals surface area contributed by atoms with Crippen molar-refractivity contribution in [1.29, 1.82) is 0 Å². The maximum absolute atomic E-state index is 12.5. The number of thiophene rings is 1. The minimum absolute atomic E-state index is 0.0703. The SMILES string of the molecule is O=C(Cn1c(-c2cccs2)n[nH]c1=S)NCc1cc(Cl)c2c(c1)OCCCO2. The highest BCUT2D eigenvalue weighted by atomic mass is 35.5. The van der Waals surface area contributed by atoms with Crippen molar-refractivity contribution in [2.24, 2.45) is 0 Å². The van der Waals surface area contributed by atoms with E-state index in [1.165, 1.54) is 11.3 Å². The highest BCUT2D eigenvalue weighted by Crippen LogP contribution is 2.37. The van der Waals surface area contributed by atoms with Gasteiger partial charge in [0.05, 0.1) is 23.1 Å². The van der Waals surface area contributed by atoms with Gasteiger partial charge in [-0.25, -0.2) is 0 Å². The third kappa shape index (κ3) is 4.06. The first-order valence-electron chi connectivity index (χ1n) is 8.65. The van der Waals surface area contributed by atoms with Crippen LogP contribution < -0.4 is 14.8 Å². The van der Waals surface area contributed by atoms with Crippen LogP contribution in [0.1, 0.15) is 12.0 Å². The van der Waals surface area contributed by atoms with Crippen LogP contribution in [0.5, 0.6) is 11.5 Å². The van der Waals surface area contributed by atoms with Gasteiger partial charge in [-0.3, -0.25) is 14.5 Å². The number of ether oxygens (including phenoxy) is 2. The van der Waals surface area contributed by atoms with Crippen LogP contribution in [0, 0.1) is 4.77 Å². The molecule has 0 unspecified atom stereocenters. The number of H-pyrrole nitrogens is 1. The molecular weight excluding hydrogens is 420 g/mol. The van der Waals surface area contributed by atoms with E-state index in [9.17, 15) is 4.79 Å². The quantitative estimate of drug-likeness (QED) is 0.594. The molecule has 28 heavy (non-hydrogen) atoms. The van der Waals surface area contributed by atoms with Gasteiger partial charge < -0.3 is 14.8 Å². The van der Waals surface area contributed by atoms with E-state index in [4.69, 9.17) is 33.3 Å².